The van der Waals surface area contributed by atoms with Crippen molar-refractivity contribution in [2.45, 2.75) is 26.1 Å². The molecular weight excluding hydrogens is 266 g/mol. The molecule has 0 saturated carbocycles. The van der Waals surface area contributed by atoms with Crippen LogP contribution in [0, 0.1) is 0 Å². The molecule has 0 saturated heterocycles. The lowest BCUT2D eigenvalue weighted by Crippen LogP contribution is -2.36. The van der Waals surface area contributed by atoms with Crippen molar-refractivity contribution < 1.29 is 14.3 Å². The van der Waals surface area contributed by atoms with Crippen LogP contribution >= 0.6 is 0 Å². The SMILES string of the molecule is CCC1Oc2cccc(OCc3ccccc3)c2NC1=O. The van der Waals surface area contributed by atoms with Gasteiger partial charge < -0.3 is 14.8 Å². The highest BCUT2D eigenvalue weighted by molar-refractivity contribution is 5.99. The number of anilines is 1. The average molecular weight is 283 g/mol. The summed E-state index contributed by atoms with van der Waals surface area (Å²) in [6.45, 7) is 2.37. The summed E-state index contributed by atoms with van der Waals surface area (Å²) in [6, 6.07) is 15.4. The van der Waals surface area contributed by atoms with Crippen LogP contribution in [0.4, 0.5) is 5.69 Å². The third-order valence-corrected chi connectivity index (χ3v) is 3.41. The van der Waals surface area contributed by atoms with E-state index in [1.807, 2.05) is 55.5 Å². The first kappa shape index (κ1) is 13.5. The first-order chi connectivity index (χ1) is 10.3. The van der Waals surface area contributed by atoms with Crippen LogP contribution in [0.15, 0.2) is 48.5 Å². The Labute approximate surface area is 123 Å². The first-order valence-electron chi connectivity index (χ1n) is 7.05. The van der Waals surface area contributed by atoms with Crippen LogP contribution in [-0.4, -0.2) is 12.0 Å². The summed E-state index contributed by atoms with van der Waals surface area (Å²) in [5.41, 5.74) is 1.69. The van der Waals surface area contributed by atoms with E-state index < -0.39 is 6.10 Å². The number of ether oxygens (including phenoxy) is 2. The molecule has 0 aliphatic carbocycles. The number of carbonyl (C=O) groups excluding carboxylic acids is 1. The van der Waals surface area contributed by atoms with Gasteiger partial charge in [-0.25, -0.2) is 0 Å². The fraction of sp³-hybridized carbons (Fsp3) is 0.235. The van der Waals surface area contributed by atoms with Crippen molar-refractivity contribution in [1.82, 2.24) is 0 Å². The Bertz CT molecular complexity index is 640. The van der Waals surface area contributed by atoms with Gasteiger partial charge in [-0.3, -0.25) is 4.79 Å². The average Bonchev–Trinajstić information content (AvgIpc) is 2.53. The molecule has 1 atom stereocenters. The molecule has 0 radical (unpaired) electrons. The monoisotopic (exact) mass is 283 g/mol. The number of fused-ring (bicyclic) bond motifs is 1. The highest BCUT2D eigenvalue weighted by Crippen LogP contribution is 2.38. The summed E-state index contributed by atoms with van der Waals surface area (Å²) in [6.07, 6.45) is 0.210. The van der Waals surface area contributed by atoms with Crippen molar-refractivity contribution in [3.05, 3.63) is 54.1 Å². The summed E-state index contributed by atoms with van der Waals surface area (Å²) in [7, 11) is 0. The molecule has 1 unspecified atom stereocenters. The maximum Gasteiger partial charge on any atom is 0.265 e. The summed E-state index contributed by atoms with van der Waals surface area (Å²) < 4.78 is 11.5. The number of nitrogens with one attached hydrogen (secondary N) is 1. The normalized spacial score (nSPS) is 16.6. The maximum atomic E-state index is 11.9. The van der Waals surface area contributed by atoms with E-state index in [1.165, 1.54) is 0 Å². The second kappa shape index (κ2) is 5.87. The number of benzene rings is 2. The molecule has 1 aliphatic heterocycles. The standard InChI is InChI=1S/C17H17NO3/c1-2-13-17(19)18-16-14(9-6-10-15(16)21-13)20-11-12-7-4-3-5-8-12/h3-10,13H,2,11H2,1H3,(H,18,19). The van der Waals surface area contributed by atoms with Gasteiger partial charge in [0, 0.05) is 0 Å². The minimum Gasteiger partial charge on any atom is -0.487 e. The largest absolute Gasteiger partial charge is 0.487 e. The topological polar surface area (TPSA) is 47.6 Å². The number of amides is 1. The zero-order valence-electron chi connectivity index (χ0n) is 11.8. The van der Waals surface area contributed by atoms with Gasteiger partial charge in [-0.1, -0.05) is 43.3 Å². The van der Waals surface area contributed by atoms with Crippen LogP contribution in [0.5, 0.6) is 11.5 Å². The number of hydrogen-bond donors (Lipinski definition) is 1. The molecule has 0 bridgehead atoms. The number of carbonyl (C=O) groups is 1. The fourth-order valence-corrected chi connectivity index (χ4v) is 2.27. The van der Waals surface area contributed by atoms with E-state index >= 15 is 0 Å². The van der Waals surface area contributed by atoms with E-state index in [0.717, 1.165) is 5.56 Å². The van der Waals surface area contributed by atoms with Crippen molar-refractivity contribution in [2.75, 3.05) is 5.32 Å². The van der Waals surface area contributed by atoms with Crippen LogP contribution in [-0.2, 0) is 11.4 Å². The van der Waals surface area contributed by atoms with Crippen molar-refractivity contribution >= 4 is 11.6 Å². The number of para-hydroxylation sites is 1. The summed E-state index contributed by atoms with van der Waals surface area (Å²) in [5.74, 6) is 1.16. The Morgan fingerprint density at radius 1 is 1.14 bits per heavy atom. The summed E-state index contributed by atoms with van der Waals surface area (Å²) >= 11 is 0. The quantitative estimate of drug-likeness (QED) is 0.935. The van der Waals surface area contributed by atoms with Crippen molar-refractivity contribution in [3.63, 3.8) is 0 Å². The molecule has 1 N–H and O–H groups in total. The van der Waals surface area contributed by atoms with Crippen LogP contribution in [0.1, 0.15) is 18.9 Å². The van der Waals surface area contributed by atoms with Crippen LogP contribution in [0.25, 0.3) is 0 Å². The van der Waals surface area contributed by atoms with E-state index in [-0.39, 0.29) is 5.91 Å². The smallest absolute Gasteiger partial charge is 0.265 e. The van der Waals surface area contributed by atoms with E-state index in [1.54, 1.807) is 0 Å². The van der Waals surface area contributed by atoms with Gasteiger partial charge in [0.1, 0.15) is 23.8 Å². The van der Waals surface area contributed by atoms with E-state index in [0.29, 0.717) is 30.2 Å². The fourth-order valence-electron chi connectivity index (χ4n) is 2.27. The molecule has 2 aromatic carbocycles. The van der Waals surface area contributed by atoms with Gasteiger partial charge in [0.2, 0.25) is 0 Å². The Morgan fingerprint density at radius 2 is 1.95 bits per heavy atom. The third kappa shape index (κ3) is 2.84. The highest BCUT2D eigenvalue weighted by Gasteiger charge is 2.28. The van der Waals surface area contributed by atoms with Gasteiger partial charge in [0.25, 0.3) is 5.91 Å². The second-order valence-electron chi connectivity index (χ2n) is 4.91. The summed E-state index contributed by atoms with van der Waals surface area (Å²) in [4.78, 5) is 11.9. The highest BCUT2D eigenvalue weighted by atomic mass is 16.5. The molecule has 0 fully saturated rings. The minimum atomic E-state index is -0.429. The van der Waals surface area contributed by atoms with Gasteiger partial charge in [-0.05, 0) is 24.1 Å². The van der Waals surface area contributed by atoms with Crippen LogP contribution < -0.4 is 14.8 Å². The van der Waals surface area contributed by atoms with Gasteiger partial charge >= 0.3 is 0 Å². The van der Waals surface area contributed by atoms with Crippen molar-refractivity contribution in [3.8, 4) is 11.5 Å². The van der Waals surface area contributed by atoms with E-state index in [4.69, 9.17) is 9.47 Å². The Hall–Kier alpha value is -2.49. The molecule has 108 valence electrons. The van der Waals surface area contributed by atoms with Gasteiger partial charge in [0.15, 0.2) is 6.10 Å². The zero-order chi connectivity index (χ0) is 14.7. The predicted molar refractivity (Wildman–Crippen MR) is 80.6 cm³/mol. The van der Waals surface area contributed by atoms with Crippen molar-refractivity contribution in [1.29, 1.82) is 0 Å². The van der Waals surface area contributed by atoms with E-state index in [9.17, 15) is 4.79 Å². The molecule has 1 aliphatic rings. The van der Waals surface area contributed by atoms with Crippen molar-refractivity contribution in [2.24, 2.45) is 0 Å². The third-order valence-electron chi connectivity index (χ3n) is 3.41. The summed E-state index contributed by atoms with van der Waals surface area (Å²) in [5, 5.41) is 2.88. The lowest BCUT2D eigenvalue weighted by molar-refractivity contribution is -0.123. The molecule has 4 nitrogen and oxygen atoms in total. The Morgan fingerprint density at radius 3 is 2.71 bits per heavy atom. The molecule has 21 heavy (non-hydrogen) atoms. The zero-order valence-corrected chi connectivity index (χ0v) is 11.8. The predicted octanol–water partition coefficient (Wildman–Crippen LogP) is 3.38. The van der Waals surface area contributed by atoms with Crippen LogP contribution in [0.2, 0.25) is 0 Å². The lowest BCUT2D eigenvalue weighted by atomic mass is 10.1. The first-order valence-corrected chi connectivity index (χ1v) is 7.05. The van der Waals surface area contributed by atoms with Gasteiger partial charge in [0.05, 0.1) is 0 Å². The Kier molecular flexibility index (Phi) is 3.77. The molecule has 0 spiro atoms. The molecule has 1 heterocycles. The number of hydrogen-bond acceptors (Lipinski definition) is 3. The van der Waals surface area contributed by atoms with Gasteiger partial charge in [-0.2, -0.15) is 0 Å². The van der Waals surface area contributed by atoms with E-state index in [2.05, 4.69) is 5.32 Å². The molecule has 0 aromatic heterocycles. The molecule has 1 amide bonds. The second-order valence-corrected chi connectivity index (χ2v) is 4.91. The number of rotatable bonds is 4. The molecule has 4 heteroatoms. The minimum absolute atomic E-state index is 0.124. The van der Waals surface area contributed by atoms with Crippen LogP contribution in [0.3, 0.4) is 0 Å². The molecular formula is C17H17NO3. The lowest BCUT2D eigenvalue weighted by Gasteiger charge is -2.26. The molecule has 3 rings (SSSR count). The molecule has 2 aromatic rings. The maximum absolute atomic E-state index is 11.9. The van der Waals surface area contributed by atoms with Gasteiger partial charge in [-0.15, -0.1) is 0 Å². The Balaban J connectivity index is 1.80.